The highest BCUT2D eigenvalue weighted by Crippen LogP contribution is 2.33. The van der Waals surface area contributed by atoms with Crippen molar-refractivity contribution < 1.29 is 18.7 Å². The molecule has 0 N–H and O–H groups in total. The van der Waals surface area contributed by atoms with Crippen LogP contribution in [0.3, 0.4) is 0 Å². The van der Waals surface area contributed by atoms with E-state index >= 15 is 0 Å². The highest BCUT2D eigenvalue weighted by atomic mass is 19.1. The predicted octanol–water partition coefficient (Wildman–Crippen LogP) is 2.99. The number of nitrogens with zero attached hydrogens (tertiary/aromatic N) is 2. The first-order chi connectivity index (χ1) is 12.2. The molecule has 1 aromatic rings. The maximum absolute atomic E-state index is 13.2. The van der Waals surface area contributed by atoms with Gasteiger partial charge in [0.1, 0.15) is 12.4 Å². The Morgan fingerprint density at radius 3 is 2.38 bits per heavy atom. The second kappa shape index (κ2) is 6.99. The van der Waals surface area contributed by atoms with Crippen LogP contribution in [0.5, 0.6) is 0 Å². The second-order valence-corrected chi connectivity index (χ2v) is 8.55. The SMILES string of the molecule is CC(C)(C)CC(=O)N1CCC2(CC1)CN(c1ccc(F)cc1)C(=O)CO2. The second-order valence-electron chi connectivity index (χ2n) is 8.55. The van der Waals surface area contributed by atoms with Crippen molar-refractivity contribution in [2.45, 2.75) is 45.6 Å². The van der Waals surface area contributed by atoms with Gasteiger partial charge < -0.3 is 14.5 Å². The average Bonchev–Trinajstić information content (AvgIpc) is 2.57. The number of morpholine rings is 1. The lowest BCUT2D eigenvalue weighted by Gasteiger charge is -2.47. The first-order valence-electron chi connectivity index (χ1n) is 9.15. The van der Waals surface area contributed by atoms with Crippen LogP contribution < -0.4 is 4.90 Å². The number of piperidine rings is 1. The van der Waals surface area contributed by atoms with E-state index in [0.717, 1.165) is 0 Å². The fourth-order valence-electron chi connectivity index (χ4n) is 3.60. The highest BCUT2D eigenvalue weighted by molar-refractivity contribution is 5.95. The van der Waals surface area contributed by atoms with Crippen molar-refractivity contribution in [1.82, 2.24) is 4.90 Å². The van der Waals surface area contributed by atoms with Crippen LogP contribution in [-0.2, 0) is 14.3 Å². The molecule has 0 aromatic heterocycles. The Balaban J connectivity index is 1.65. The summed E-state index contributed by atoms with van der Waals surface area (Å²) in [7, 11) is 0. The van der Waals surface area contributed by atoms with Crippen LogP contribution in [0.2, 0.25) is 0 Å². The van der Waals surface area contributed by atoms with Gasteiger partial charge in [-0.3, -0.25) is 9.59 Å². The number of hydrogen-bond donors (Lipinski definition) is 0. The summed E-state index contributed by atoms with van der Waals surface area (Å²) in [5, 5.41) is 0. The summed E-state index contributed by atoms with van der Waals surface area (Å²) in [5.74, 6) is -0.266. The van der Waals surface area contributed by atoms with Gasteiger partial charge in [0.25, 0.3) is 5.91 Å². The molecule has 0 saturated carbocycles. The first kappa shape index (κ1) is 18.8. The molecule has 26 heavy (non-hydrogen) atoms. The van der Waals surface area contributed by atoms with E-state index in [1.165, 1.54) is 12.1 Å². The van der Waals surface area contributed by atoms with E-state index in [0.29, 0.717) is 44.6 Å². The van der Waals surface area contributed by atoms with Crippen LogP contribution in [0.4, 0.5) is 10.1 Å². The molecule has 0 radical (unpaired) electrons. The molecule has 5 nitrogen and oxygen atoms in total. The zero-order valence-corrected chi connectivity index (χ0v) is 15.8. The molecule has 2 heterocycles. The minimum absolute atomic E-state index is 0.0211. The summed E-state index contributed by atoms with van der Waals surface area (Å²) in [6, 6.07) is 5.96. The number of carbonyl (C=O) groups excluding carboxylic acids is 2. The van der Waals surface area contributed by atoms with Crippen molar-refractivity contribution in [3.05, 3.63) is 30.1 Å². The minimum atomic E-state index is -0.430. The van der Waals surface area contributed by atoms with Gasteiger partial charge in [0.05, 0.1) is 12.1 Å². The number of anilines is 1. The number of ether oxygens (including phenoxy) is 1. The largest absolute Gasteiger partial charge is 0.363 e. The van der Waals surface area contributed by atoms with Crippen molar-refractivity contribution in [2.75, 3.05) is 31.1 Å². The summed E-state index contributed by atoms with van der Waals surface area (Å²) >= 11 is 0. The Labute approximate surface area is 154 Å². The van der Waals surface area contributed by atoms with Gasteiger partial charge in [-0.25, -0.2) is 4.39 Å². The van der Waals surface area contributed by atoms with Crippen molar-refractivity contribution in [2.24, 2.45) is 5.41 Å². The lowest BCUT2D eigenvalue weighted by atomic mass is 9.87. The lowest BCUT2D eigenvalue weighted by Crippen LogP contribution is -2.59. The smallest absolute Gasteiger partial charge is 0.253 e. The van der Waals surface area contributed by atoms with Crippen LogP contribution in [-0.4, -0.2) is 48.6 Å². The summed E-state index contributed by atoms with van der Waals surface area (Å²) in [6.45, 7) is 7.93. The van der Waals surface area contributed by atoms with Crippen LogP contribution in [0.1, 0.15) is 40.0 Å². The number of hydrogen-bond acceptors (Lipinski definition) is 3. The van der Waals surface area contributed by atoms with Gasteiger partial charge in [-0.05, 0) is 42.5 Å². The van der Waals surface area contributed by atoms with Crippen molar-refractivity contribution in [3.63, 3.8) is 0 Å². The van der Waals surface area contributed by atoms with E-state index in [4.69, 9.17) is 4.74 Å². The van der Waals surface area contributed by atoms with Gasteiger partial charge >= 0.3 is 0 Å². The van der Waals surface area contributed by atoms with Gasteiger partial charge in [-0.2, -0.15) is 0 Å². The Hall–Kier alpha value is -1.95. The van der Waals surface area contributed by atoms with Gasteiger partial charge in [0, 0.05) is 25.2 Å². The van der Waals surface area contributed by atoms with E-state index in [1.54, 1.807) is 17.0 Å². The number of benzene rings is 1. The molecular formula is C20H27FN2O3. The maximum Gasteiger partial charge on any atom is 0.253 e. The highest BCUT2D eigenvalue weighted by Gasteiger charge is 2.43. The molecule has 0 atom stereocenters. The van der Waals surface area contributed by atoms with Crippen molar-refractivity contribution in [1.29, 1.82) is 0 Å². The lowest BCUT2D eigenvalue weighted by molar-refractivity contribution is -0.151. The van der Waals surface area contributed by atoms with Gasteiger partial charge in [-0.15, -0.1) is 0 Å². The van der Waals surface area contributed by atoms with Crippen molar-refractivity contribution in [3.8, 4) is 0 Å². The van der Waals surface area contributed by atoms with E-state index < -0.39 is 5.60 Å². The predicted molar refractivity (Wildman–Crippen MR) is 97.3 cm³/mol. The molecule has 2 aliphatic rings. The maximum atomic E-state index is 13.2. The van der Waals surface area contributed by atoms with Crippen LogP contribution in [0.25, 0.3) is 0 Å². The van der Waals surface area contributed by atoms with Crippen LogP contribution in [0, 0.1) is 11.2 Å². The Kier molecular flexibility index (Phi) is 5.06. The van der Waals surface area contributed by atoms with Gasteiger partial charge in [0.2, 0.25) is 5.91 Å². The zero-order valence-electron chi connectivity index (χ0n) is 15.8. The van der Waals surface area contributed by atoms with Crippen LogP contribution >= 0.6 is 0 Å². The molecular weight excluding hydrogens is 335 g/mol. The summed E-state index contributed by atoms with van der Waals surface area (Å²) in [4.78, 5) is 28.3. The number of rotatable bonds is 2. The molecule has 0 aliphatic carbocycles. The van der Waals surface area contributed by atoms with Crippen LogP contribution in [0.15, 0.2) is 24.3 Å². The molecule has 2 fully saturated rings. The van der Waals surface area contributed by atoms with Crippen molar-refractivity contribution >= 4 is 17.5 Å². The van der Waals surface area contributed by atoms with Gasteiger partial charge in [-0.1, -0.05) is 20.8 Å². The summed E-state index contributed by atoms with van der Waals surface area (Å²) < 4.78 is 19.1. The fraction of sp³-hybridized carbons (Fsp3) is 0.600. The Bertz CT molecular complexity index is 673. The van der Waals surface area contributed by atoms with E-state index in [1.807, 2.05) is 4.90 Å². The molecule has 6 heteroatoms. The van der Waals surface area contributed by atoms with Gasteiger partial charge in [0.15, 0.2) is 0 Å². The number of likely N-dealkylation sites (tertiary alicyclic amines) is 1. The quantitative estimate of drug-likeness (QED) is 0.813. The zero-order chi connectivity index (χ0) is 18.9. The Morgan fingerprint density at radius 2 is 1.81 bits per heavy atom. The fourth-order valence-corrected chi connectivity index (χ4v) is 3.60. The molecule has 2 saturated heterocycles. The first-order valence-corrected chi connectivity index (χ1v) is 9.15. The third-order valence-corrected chi connectivity index (χ3v) is 5.10. The Morgan fingerprint density at radius 1 is 1.19 bits per heavy atom. The molecule has 3 rings (SSSR count). The molecule has 142 valence electrons. The molecule has 2 aliphatic heterocycles. The molecule has 2 amide bonds. The number of amides is 2. The monoisotopic (exact) mass is 362 g/mol. The molecule has 1 spiro atoms. The molecule has 1 aromatic carbocycles. The van der Waals surface area contributed by atoms with E-state index in [-0.39, 0.29) is 29.7 Å². The molecule has 0 unspecified atom stereocenters. The standard InChI is InChI=1S/C20H27FN2O3/c1-19(2,3)12-17(24)22-10-8-20(9-11-22)14-23(18(25)13-26-20)16-6-4-15(21)5-7-16/h4-7H,8-14H2,1-3H3. The molecule has 0 bridgehead atoms. The third kappa shape index (κ3) is 4.23. The average molecular weight is 362 g/mol. The van der Waals surface area contributed by atoms with E-state index in [9.17, 15) is 14.0 Å². The summed E-state index contributed by atoms with van der Waals surface area (Å²) in [6.07, 6.45) is 1.93. The summed E-state index contributed by atoms with van der Waals surface area (Å²) in [5.41, 5.74) is 0.227. The van der Waals surface area contributed by atoms with E-state index in [2.05, 4.69) is 20.8 Å². The topological polar surface area (TPSA) is 49.9 Å². The number of halogens is 1. The normalized spacial score (nSPS) is 20.5. The minimum Gasteiger partial charge on any atom is -0.363 e. The third-order valence-electron chi connectivity index (χ3n) is 5.10. The number of carbonyl (C=O) groups is 2.